The highest BCUT2D eigenvalue weighted by Gasteiger charge is 2.26. The highest BCUT2D eigenvalue weighted by atomic mass is 16.6. The van der Waals surface area contributed by atoms with Crippen LogP contribution < -0.4 is 10.1 Å². The van der Waals surface area contributed by atoms with Crippen LogP contribution in [0.2, 0.25) is 0 Å². The first-order chi connectivity index (χ1) is 14.5. The summed E-state index contributed by atoms with van der Waals surface area (Å²) in [5.74, 6) is 0.426. The topological polar surface area (TPSA) is 130 Å². The highest BCUT2D eigenvalue weighted by molar-refractivity contribution is 5.91. The minimum absolute atomic E-state index is 0.0675. The van der Waals surface area contributed by atoms with Gasteiger partial charge in [-0.1, -0.05) is 5.16 Å². The Kier molecular flexibility index (Phi) is 5.29. The van der Waals surface area contributed by atoms with Crippen molar-refractivity contribution in [1.29, 1.82) is 0 Å². The zero-order valence-electron chi connectivity index (χ0n) is 16.0. The lowest BCUT2D eigenvalue weighted by Gasteiger charge is -2.07. The molecular formula is C20H18N4O6. The minimum atomic E-state index is -0.722. The average molecular weight is 410 g/mol. The molecule has 0 atom stereocenters. The predicted octanol–water partition coefficient (Wildman–Crippen LogP) is 3.58. The predicted molar refractivity (Wildman–Crippen MR) is 105 cm³/mol. The van der Waals surface area contributed by atoms with Gasteiger partial charge in [-0.15, -0.1) is 0 Å². The van der Waals surface area contributed by atoms with Gasteiger partial charge in [0.2, 0.25) is 5.82 Å². The first kappa shape index (κ1) is 19.4. The molecule has 10 nitrogen and oxygen atoms in total. The smallest absolute Gasteiger partial charge is 0.338 e. The Bertz CT molecular complexity index is 1080. The molecule has 4 rings (SSSR count). The Balaban J connectivity index is 1.41. The zero-order valence-corrected chi connectivity index (χ0v) is 16.0. The SMILES string of the molecule is COc1ccc(-c2noc(COC(=O)c3ccc(NC4CC4)c([N+](=O)[O-])c3)n2)cc1. The number of nitro benzene ring substituents is 1. The van der Waals surface area contributed by atoms with E-state index in [0.29, 0.717) is 22.8 Å². The summed E-state index contributed by atoms with van der Waals surface area (Å²) in [5, 5.41) is 18.3. The fraction of sp³-hybridized carbons (Fsp3) is 0.250. The largest absolute Gasteiger partial charge is 0.497 e. The van der Waals surface area contributed by atoms with Gasteiger partial charge in [0.15, 0.2) is 6.61 Å². The summed E-state index contributed by atoms with van der Waals surface area (Å²) >= 11 is 0. The summed E-state index contributed by atoms with van der Waals surface area (Å²) in [7, 11) is 1.57. The van der Waals surface area contributed by atoms with E-state index in [1.807, 2.05) is 0 Å². The summed E-state index contributed by atoms with van der Waals surface area (Å²) in [6.45, 7) is -0.252. The van der Waals surface area contributed by atoms with E-state index in [-0.39, 0.29) is 29.8 Å². The number of aromatic nitrogens is 2. The molecule has 0 spiro atoms. The number of nitrogens with one attached hydrogen (secondary N) is 1. The standard InChI is InChI=1S/C20H18N4O6/c1-28-15-7-2-12(3-8-15)19-22-18(30-23-19)11-29-20(25)13-4-9-16(21-14-5-6-14)17(10-13)24(26)27/h2-4,7-10,14,21H,5-6,11H2,1H3. The van der Waals surface area contributed by atoms with E-state index >= 15 is 0 Å². The number of hydrogen-bond donors (Lipinski definition) is 1. The molecule has 30 heavy (non-hydrogen) atoms. The van der Waals surface area contributed by atoms with Gasteiger partial charge in [0.1, 0.15) is 11.4 Å². The average Bonchev–Trinajstić information content (AvgIpc) is 3.45. The van der Waals surface area contributed by atoms with Crippen molar-refractivity contribution in [3.05, 3.63) is 64.0 Å². The van der Waals surface area contributed by atoms with Crippen LogP contribution in [0.25, 0.3) is 11.4 Å². The molecule has 1 fully saturated rings. The van der Waals surface area contributed by atoms with Crippen molar-refractivity contribution in [3.8, 4) is 17.1 Å². The van der Waals surface area contributed by atoms with E-state index in [0.717, 1.165) is 12.8 Å². The zero-order chi connectivity index (χ0) is 21.1. The summed E-state index contributed by atoms with van der Waals surface area (Å²) in [6, 6.07) is 11.5. The third kappa shape index (κ3) is 4.37. The molecule has 0 bridgehead atoms. The van der Waals surface area contributed by atoms with Crippen LogP contribution in [0.4, 0.5) is 11.4 Å². The minimum Gasteiger partial charge on any atom is -0.497 e. The normalized spacial score (nSPS) is 13.0. The number of benzene rings is 2. The number of hydrogen-bond acceptors (Lipinski definition) is 9. The lowest BCUT2D eigenvalue weighted by atomic mass is 10.1. The van der Waals surface area contributed by atoms with Gasteiger partial charge in [-0.3, -0.25) is 10.1 Å². The second kappa shape index (κ2) is 8.19. The molecular weight excluding hydrogens is 392 g/mol. The van der Waals surface area contributed by atoms with E-state index in [1.54, 1.807) is 31.4 Å². The number of carbonyl (C=O) groups excluding carboxylic acids is 1. The number of rotatable bonds is 8. The van der Waals surface area contributed by atoms with Crippen LogP contribution in [0, 0.1) is 10.1 Å². The maximum atomic E-state index is 12.3. The molecule has 10 heteroatoms. The lowest BCUT2D eigenvalue weighted by Crippen LogP contribution is -2.08. The molecule has 2 aromatic carbocycles. The Hall–Kier alpha value is -3.95. The molecule has 1 saturated carbocycles. The molecule has 0 unspecified atom stereocenters. The maximum absolute atomic E-state index is 12.3. The lowest BCUT2D eigenvalue weighted by molar-refractivity contribution is -0.384. The summed E-state index contributed by atoms with van der Waals surface area (Å²) < 4.78 is 15.4. The molecule has 0 aliphatic heterocycles. The Morgan fingerprint density at radius 2 is 2.03 bits per heavy atom. The number of carbonyl (C=O) groups is 1. The van der Waals surface area contributed by atoms with Crippen LogP contribution >= 0.6 is 0 Å². The molecule has 0 saturated heterocycles. The van der Waals surface area contributed by atoms with Crippen molar-refractivity contribution in [3.63, 3.8) is 0 Å². The second-order valence-electron chi connectivity index (χ2n) is 6.72. The third-order valence-corrected chi connectivity index (χ3v) is 4.51. The van der Waals surface area contributed by atoms with E-state index in [2.05, 4.69) is 15.5 Å². The van der Waals surface area contributed by atoms with E-state index < -0.39 is 10.9 Å². The van der Waals surface area contributed by atoms with Gasteiger partial charge in [0.05, 0.1) is 17.6 Å². The van der Waals surface area contributed by atoms with Gasteiger partial charge in [-0.25, -0.2) is 4.79 Å². The molecule has 1 aromatic heterocycles. The number of nitro groups is 1. The molecule has 1 aliphatic carbocycles. The molecule has 1 aliphatic rings. The maximum Gasteiger partial charge on any atom is 0.338 e. The van der Waals surface area contributed by atoms with Gasteiger partial charge in [0, 0.05) is 17.7 Å². The van der Waals surface area contributed by atoms with Crippen LogP contribution in [-0.2, 0) is 11.3 Å². The first-order valence-electron chi connectivity index (χ1n) is 9.22. The number of nitrogens with zero attached hydrogens (tertiary/aromatic N) is 3. The van der Waals surface area contributed by atoms with Crippen LogP contribution in [0.5, 0.6) is 5.75 Å². The number of esters is 1. The van der Waals surface area contributed by atoms with Gasteiger partial charge in [-0.05, 0) is 49.2 Å². The quantitative estimate of drug-likeness (QED) is 0.336. The van der Waals surface area contributed by atoms with Crippen LogP contribution in [0.3, 0.4) is 0 Å². The molecule has 0 amide bonds. The molecule has 3 aromatic rings. The second-order valence-corrected chi connectivity index (χ2v) is 6.72. The Morgan fingerprint density at radius 1 is 1.27 bits per heavy atom. The van der Waals surface area contributed by atoms with Crippen LogP contribution in [0.15, 0.2) is 47.0 Å². The summed E-state index contributed by atoms with van der Waals surface area (Å²) in [5.41, 5.74) is 1.00. The van der Waals surface area contributed by atoms with Crippen molar-refractivity contribution < 1.29 is 23.7 Å². The first-order valence-corrected chi connectivity index (χ1v) is 9.22. The van der Waals surface area contributed by atoms with Crippen molar-refractivity contribution in [2.75, 3.05) is 12.4 Å². The Morgan fingerprint density at radius 3 is 2.70 bits per heavy atom. The summed E-state index contributed by atoms with van der Waals surface area (Å²) in [4.78, 5) is 27.3. The van der Waals surface area contributed by atoms with Crippen molar-refractivity contribution >= 4 is 17.3 Å². The van der Waals surface area contributed by atoms with Gasteiger partial charge >= 0.3 is 5.97 Å². The number of methoxy groups -OCH3 is 1. The molecule has 154 valence electrons. The fourth-order valence-electron chi connectivity index (χ4n) is 2.76. The van der Waals surface area contributed by atoms with E-state index in [9.17, 15) is 14.9 Å². The molecule has 0 radical (unpaired) electrons. The van der Waals surface area contributed by atoms with Gasteiger partial charge < -0.3 is 19.3 Å². The van der Waals surface area contributed by atoms with Gasteiger partial charge in [-0.2, -0.15) is 4.98 Å². The van der Waals surface area contributed by atoms with Crippen molar-refractivity contribution in [2.45, 2.75) is 25.5 Å². The number of anilines is 1. The highest BCUT2D eigenvalue weighted by Crippen LogP contribution is 2.31. The summed E-state index contributed by atoms with van der Waals surface area (Å²) in [6.07, 6.45) is 1.95. The molecule has 1 heterocycles. The van der Waals surface area contributed by atoms with Crippen molar-refractivity contribution in [2.24, 2.45) is 0 Å². The monoisotopic (exact) mass is 410 g/mol. The van der Waals surface area contributed by atoms with Gasteiger partial charge in [0.25, 0.3) is 11.6 Å². The Labute approximate surface area is 171 Å². The third-order valence-electron chi connectivity index (χ3n) is 4.51. The van der Waals surface area contributed by atoms with Crippen LogP contribution in [-0.4, -0.2) is 34.2 Å². The molecule has 1 N–H and O–H groups in total. The van der Waals surface area contributed by atoms with Crippen LogP contribution in [0.1, 0.15) is 29.1 Å². The fourth-order valence-corrected chi connectivity index (χ4v) is 2.76. The van der Waals surface area contributed by atoms with Crippen molar-refractivity contribution in [1.82, 2.24) is 10.1 Å². The van der Waals surface area contributed by atoms with E-state index in [4.69, 9.17) is 14.0 Å². The number of ether oxygens (including phenoxy) is 2. The van der Waals surface area contributed by atoms with E-state index in [1.165, 1.54) is 18.2 Å².